The molecule has 0 radical (unpaired) electrons. The molecule has 0 aliphatic carbocycles. The Kier molecular flexibility index (Phi) is 4.57. The largest absolute Gasteiger partial charge is 0.465 e. The Labute approximate surface area is 130 Å². The lowest BCUT2D eigenvalue weighted by atomic mass is 10.1. The number of carbonyl (C=O) groups excluding carboxylic acids is 1. The minimum atomic E-state index is -0.493. The first-order valence-electron chi connectivity index (χ1n) is 6.11. The van der Waals surface area contributed by atoms with E-state index in [0.29, 0.717) is 21.3 Å². The normalized spacial score (nSPS) is 10.3. The van der Waals surface area contributed by atoms with Gasteiger partial charge in [-0.25, -0.2) is 14.2 Å². The van der Waals surface area contributed by atoms with Gasteiger partial charge in [-0.2, -0.15) is 0 Å². The summed E-state index contributed by atoms with van der Waals surface area (Å²) in [5.74, 6) is -0.181. The van der Waals surface area contributed by atoms with Gasteiger partial charge in [0.1, 0.15) is 11.6 Å². The highest BCUT2D eigenvalue weighted by atomic mass is 79.9. The Morgan fingerprint density at radius 3 is 2.67 bits per heavy atom. The smallest absolute Gasteiger partial charge is 0.339 e. The van der Waals surface area contributed by atoms with Crippen LogP contribution in [-0.4, -0.2) is 18.1 Å². The summed E-state index contributed by atoms with van der Waals surface area (Å²) in [7, 11) is 1.29. The zero-order valence-electron chi connectivity index (χ0n) is 11.7. The average Bonchev–Trinajstić information content (AvgIpc) is 2.48. The predicted octanol–water partition coefficient (Wildman–Crippen LogP) is 4.18. The van der Waals surface area contributed by atoms with Crippen LogP contribution in [0.1, 0.15) is 21.5 Å². The molecule has 0 bridgehead atoms. The number of aromatic nitrogens is 1. The van der Waals surface area contributed by atoms with Gasteiger partial charge in [0.2, 0.25) is 5.88 Å². The molecule has 0 aliphatic heterocycles. The molecule has 0 spiro atoms. The van der Waals surface area contributed by atoms with Gasteiger partial charge < -0.3 is 9.47 Å². The van der Waals surface area contributed by atoms with Crippen molar-refractivity contribution in [3.8, 4) is 11.6 Å². The molecule has 0 fully saturated rings. The first kappa shape index (κ1) is 15.4. The summed E-state index contributed by atoms with van der Waals surface area (Å²) in [5, 5.41) is 0. The molecule has 0 saturated carbocycles. The molecule has 2 aromatic rings. The van der Waals surface area contributed by atoms with Crippen molar-refractivity contribution < 1.29 is 18.7 Å². The summed E-state index contributed by atoms with van der Waals surface area (Å²) < 4.78 is 24.4. The van der Waals surface area contributed by atoms with Gasteiger partial charge in [0, 0.05) is 11.8 Å². The van der Waals surface area contributed by atoms with Crippen LogP contribution in [0.15, 0.2) is 28.9 Å². The van der Waals surface area contributed by atoms with Crippen molar-refractivity contribution in [1.29, 1.82) is 0 Å². The third-order valence-electron chi connectivity index (χ3n) is 2.96. The molecule has 4 nitrogen and oxygen atoms in total. The van der Waals surface area contributed by atoms with E-state index < -0.39 is 5.97 Å². The fourth-order valence-electron chi connectivity index (χ4n) is 1.79. The fourth-order valence-corrected chi connectivity index (χ4v) is 2.22. The summed E-state index contributed by atoms with van der Waals surface area (Å²) in [6, 6.07) is 4.56. The van der Waals surface area contributed by atoms with Gasteiger partial charge in [-0.3, -0.25) is 0 Å². The van der Waals surface area contributed by atoms with Gasteiger partial charge in [-0.05, 0) is 47.5 Å². The van der Waals surface area contributed by atoms with Gasteiger partial charge in [0.15, 0.2) is 0 Å². The van der Waals surface area contributed by atoms with E-state index in [2.05, 4.69) is 25.7 Å². The maximum Gasteiger partial charge on any atom is 0.339 e. The van der Waals surface area contributed by atoms with Crippen molar-refractivity contribution >= 4 is 21.9 Å². The number of benzene rings is 1. The number of esters is 1. The fraction of sp³-hybridized carbons (Fsp3) is 0.200. The zero-order valence-corrected chi connectivity index (χ0v) is 13.3. The second-order valence-corrected chi connectivity index (χ2v) is 5.28. The number of rotatable bonds is 3. The molecular weight excluding hydrogens is 341 g/mol. The molecule has 1 aromatic carbocycles. The minimum absolute atomic E-state index is 0.249. The maximum absolute atomic E-state index is 13.6. The van der Waals surface area contributed by atoms with E-state index >= 15 is 0 Å². The number of carbonyl (C=O) groups is 1. The third kappa shape index (κ3) is 3.21. The molecule has 2 rings (SSSR count). The zero-order chi connectivity index (χ0) is 15.6. The van der Waals surface area contributed by atoms with Gasteiger partial charge in [-0.1, -0.05) is 6.07 Å². The van der Waals surface area contributed by atoms with Crippen molar-refractivity contribution in [1.82, 2.24) is 4.98 Å². The highest BCUT2D eigenvalue weighted by Gasteiger charge is 2.14. The Morgan fingerprint density at radius 2 is 2.05 bits per heavy atom. The molecule has 0 N–H and O–H groups in total. The Balaban J connectivity index is 2.37. The molecule has 0 atom stereocenters. The molecule has 0 saturated heterocycles. The number of ether oxygens (including phenoxy) is 2. The SMILES string of the molecule is COC(=O)c1cnc(Oc2c(C)ccc(F)c2C)c(Br)c1. The molecular formula is C15H13BrFNO3. The van der Waals surface area contributed by atoms with Crippen LogP contribution >= 0.6 is 15.9 Å². The van der Waals surface area contributed by atoms with Crippen molar-refractivity contribution in [2.24, 2.45) is 0 Å². The third-order valence-corrected chi connectivity index (χ3v) is 3.53. The van der Waals surface area contributed by atoms with Crippen molar-refractivity contribution in [2.45, 2.75) is 13.8 Å². The van der Waals surface area contributed by atoms with Crippen LogP contribution < -0.4 is 4.74 Å². The van der Waals surface area contributed by atoms with E-state index in [-0.39, 0.29) is 11.7 Å². The van der Waals surface area contributed by atoms with Crippen molar-refractivity contribution in [3.63, 3.8) is 0 Å². The van der Waals surface area contributed by atoms with Crippen LogP contribution in [0.3, 0.4) is 0 Å². The van der Waals surface area contributed by atoms with Gasteiger partial charge in [-0.15, -0.1) is 0 Å². The number of hydrogen-bond acceptors (Lipinski definition) is 4. The van der Waals surface area contributed by atoms with Crippen LogP contribution in [0.5, 0.6) is 11.6 Å². The summed E-state index contributed by atoms with van der Waals surface area (Å²) in [4.78, 5) is 15.5. The molecule has 21 heavy (non-hydrogen) atoms. The topological polar surface area (TPSA) is 48.4 Å². The Hall–Kier alpha value is -1.95. The van der Waals surface area contributed by atoms with Gasteiger partial charge >= 0.3 is 5.97 Å². The van der Waals surface area contributed by atoms with Crippen LogP contribution in [0.2, 0.25) is 0 Å². The molecule has 110 valence electrons. The first-order valence-corrected chi connectivity index (χ1v) is 6.90. The minimum Gasteiger partial charge on any atom is -0.465 e. The highest BCUT2D eigenvalue weighted by Crippen LogP contribution is 2.33. The number of hydrogen-bond donors (Lipinski definition) is 0. The molecule has 1 aromatic heterocycles. The number of nitrogens with zero attached hydrogens (tertiary/aromatic N) is 1. The number of halogens is 2. The second kappa shape index (κ2) is 6.22. The summed E-state index contributed by atoms with van der Waals surface area (Å²) in [6.45, 7) is 3.45. The van der Waals surface area contributed by atoms with Crippen LogP contribution in [-0.2, 0) is 4.74 Å². The van der Waals surface area contributed by atoms with Crippen LogP contribution in [0.25, 0.3) is 0 Å². The molecule has 0 aliphatic rings. The van der Waals surface area contributed by atoms with Crippen molar-refractivity contribution in [3.05, 3.63) is 51.4 Å². The lowest BCUT2D eigenvalue weighted by molar-refractivity contribution is 0.0600. The second-order valence-electron chi connectivity index (χ2n) is 4.42. The number of pyridine rings is 1. The summed E-state index contributed by atoms with van der Waals surface area (Å²) in [5.41, 5.74) is 1.49. The Morgan fingerprint density at radius 1 is 1.33 bits per heavy atom. The lowest BCUT2D eigenvalue weighted by Gasteiger charge is -2.13. The van der Waals surface area contributed by atoms with E-state index in [4.69, 9.17) is 4.74 Å². The van der Waals surface area contributed by atoms with Crippen molar-refractivity contribution in [2.75, 3.05) is 7.11 Å². The quantitative estimate of drug-likeness (QED) is 0.776. The average molecular weight is 354 g/mol. The standard InChI is InChI=1S/C15H13BrFNO3/c1-8-4-5-12(17)9(2)13(8)21-14-11(16)6-10(7-18-14)15(19)20-3/h4-7H,1-3H3. The van der Waals surface area contributed by atoms with Gasteiger partial charge in [0.05, 0.1) is 17.1 Å². The van der Waals surface area contributed by atoms with Crippen LogP contribution in [0, 0.1) is 19.7 Å². The molecule has 0 unspecified atom stereocenters. The molecule has 1 heterocycles. The predicted molar refractivity (Wildman–Crippen MR) is 79.2 cm³/mol. The summed E-state index contributed by atoms with van der Waals surface area (Å²) >= 11 is 3.28. The van der Waals surface area contributed by atoms with E-state index in [1.807, 2.05) is 6.92 Å². The monoisotopic (exact) mass is 353 g/mol. The van der Waals surface area contributed by atoms with E-state index in [1.165, 1.54) is 25.4 Å². The molecule has 6 heteroatoms. The van der Waals surface area contributed by atoms with E-state index in [9.17, 15) is 9.18 Å². The Bertz CT molecular complexity index is 704. The van der Waals surface area contributed by atoms with Gasteiger partial charge in [0.25, 0.3) is 0 Å². The number of aryl methyl sites for hydroxylation is 1. The first-order chi connectivity index (χ1) is 9.93. The summed E-state index contributed by atoms with van der Waals surface area (Å²) in [6.07, 6.45) is 1.34. The maximum atomic E-state index is 13.6. The number of methoxy groups -OCH3 is 1. The molecule has 0 amide bonds. The highest BCUT2D eigenvalue weighted by molar-refractivity contribution is 9.10. The lowest BCUT2D eigenvalue weighted by Crippen LogP contribution is -2.03. The van der Waals surface area contributed by atoms with Crippen LogP contribution in [0.4, 0.5) is 4.39 Å². The van der Waals surface area contributed by atoms with E-state index in [1.54, 1.807) is 13.0 Å². The van der Waals surface area contributed by atoms with E-state index in [0.717, 1.165) is 5.56 Å².